The first-order chi connectivity index (χ1) is 7.18. The summed E-state index contributed by atoms with van der Waals surface area (Å²) < 4.78 is 38.8. The van der Waals surface area contributed by atoms with Crippen molar-refractivity contribution in [2.24, 2.45) is 11.3 Å². The van der Waals surface area contributed by atoms with Gasteiger partial charge in [0, 0.05) is 0 Å². The number of hydrogen-bond donors (Lipinski definition) is 1. The predicted molar refractivity (Wildman–Crippen MR) is 57.0 cm³/mol. The molecule has 0 aromatic heterocycles. The molecule has 0 aliphatic heterocycles. The zero-order valence-electron chi connectivity index (χ0n) is 10.2. The normalized spacial score (nSPS) is 21.9. The Morgan fingerprint density at radius 3 is 1.81 bits per heavy atom. The molecule has 0 aromatic carbocycles. The van der Waals surface area contributed by atoms with Crippen LogP contribution in [0, 0.1) is 11.3 Å². The van der Waals surface area contributed by atoms with E-state index in [1.165, 1.54) is 0 Å². The van der Waals surface area contributed by atoms with Crippen LogP contribution in [0.2, 0.25) is 0 Å². The van der Waals surface area contributed by atoms with E-state index in [2.05, 4.69) is 0 Å². The van der Waals surface area contributed by atoms with Gasteiger partial charge in [-0.15, -0.1) is 0 Å². The lowest BCUT2D eigenvalue weighted by Crippen LogP contribution is -2.50. The van der Waals surface area contributed by atoms with Gasteiger partial charge in [0.1, 0.15) is 0 Å². The molecular weight excluding hydrogens is 217 g/mol. The summed E-state index contributed by atoms with van der Waals surface area (Å²) in [5.74, 6) is -0.579. The van der Waals surface area contributed by atoms with Gasteiger partial charge in [0.2, 0.25) is 0 Å². The van der Waals surface area contributed by atoms with Crippen LogP contribution in [-0.2, 0) is 0 Å². The van der Waals surface area contributed by atoms with E-state index in [4.69, 9.17) is 0 Å². The van der Waals surface area contributed by atoms with Crippen LogP contribution in [0.25, 0.3) is 0 Å². The lowest BCUT2D eigenvalue weighted by Gasteiger charge is -2.39. The molecule has 1 nitrogen and oxygen atoms in total. The van der Waals surface area contributed by atoms with Crippen LogP contribution in [0.3, 0.4) is 0 Å². The molecule has 96 valence electrons. The summed E-state index contributed by atoms with van der Waals surface area (Å²) >= 11 is 0. The monoisotopic (exact) mass is 238 g/mol. The number of hydrogen-bond acceptors (Lipinski definition) is 1. The van der Waals surface area contributed by atoms with Gasteiger partial charge in [-0.1, -0.05) is 33.6 Å². The largest absolute Gasteiger partial charge is 0.417 e. The van der Waals surface area contributed by atoms with Crippen molar-refractivity contribution in [1.82, 2.24) is 0 Å². The second-order valence-corrected chi connectivity index (χ2v) is 5.39. The van der Waals surface area contributed by atoms with E-state index in [0.29, 0.717) is 25.7 Å². The van der Waals surface area contributed by atoms with Crippen LogP contribution in [0.4, 0.5) is 13.2 Å². The average molecular weight is 238 g/mol. The predicted octanol–water partition coefficient (Wildman–Crippen LogP) is 3.91. The zero-order chi connectivity index (χ0) is 12.6. The van der Waals surface area contributed by atoms with Crippen molar-refractivity contribution in [3.8, 4) is 0 Å². The lowest BCUT2D eigenvalue weighted by atomic mass is 9.73. The Balaban J connectivity index is 2.87. The molecule has 1 unspecified atom stereocenters. The SMILES string of the molecule is CCC(C)(CC)CC(O)(C1CC1)C(F)(F)F. The Bertz CT molecular complexity index is 241. The van der Waals surface area contributed by atoms with E-state index < -0.39 is 23.1 Å². The van der Waals surface area contributed by atoms with E-state index in [9.17, 15) is 18.3 Å². The fourth-order valence-electron chi connectivity index (χ4n) is 2.19. The highest BCUT2D eigenvalue weighted by Crippen LogP contribution is 2.54. The molecule has 0 bridgehead atoms. The minimum absolute atomic E-state index is 0.166. The van der Waals surface area contributed by atoms with E-state index in [1.807, 2.05) is 20.8 Å². The molecule has 0 amide bonds. The molecule has 4 heteroatoms. The molecule has 1 aliphatic carbocycles. The van der Waals surface area contributed by atoms with Crippen LogP contribution < -0.4 is 0 Å². The van der Waals surface area contributed by atoms with Crippen molar-refractivity contribution in [1.29, 1.82) is 0 Å². The first-order valence-corrected chi connectivity index (χ1v) is 5.97. The minimum Gasteiger partial charge on any atom is -0.380 e. The Kier molecular flexibility index (Phi) is 3.63. The maximum absolute atomic E-state index is 12.9. The summed E-state index contributed by atoms with van der Waals surface area (Å²) in [4.78, 5) is 0. The molecule has 16 heavy (non-hydrogen) atoms. The first-order valence-electron chi connectivity index (χ1n) is 5.97. The molecule has 1 rings (SSSR count). The maximum Gasteiger partial charge on any atom is 0.417 e. The Morgan fingerprint density at radius 1 is 1.12 bits per heavy atom. The zero-order valence-corrected chi connectivity index (χ0v) is 10.2. The molecule has 0 spiro atoms. The summed E-state index contributed by atoms with van der Waals surface area (Å²) in [6.07, 6.45) is -2.34. The van der Waals surface area contributed by atoms with Crippen molar-refractivity contribution in [2.45, 2.75) is 64.7 Å². The fraction of sp³-hybridized carbons (Fsp3) is 1.00. The standard InChI is InChI=1S/C12H21F3O/c1-4-10(3,5-2)8-11(16,9-6-7-9)12(13,14)15/h9,16H,4-8H2,1-3H3. The summed E-state index contributed by atoms with van der Waals surface area (Å²) in [6, 6.07) is 0. The second kappa shape index (κ2) is 4.21. The molecule has 1 atom stereocenters. The van der Waals surface area contributed by atoms with Gasteiger partial charge >= 0.3 is 6.18 Å². The van der Waals surface area contributed by atoms with Crippen molar-refractivity contribution in [2.75, 3.05) is 0 Å². The first kappa shape index (κ1) is 13.8. The topological polar surface area (TPSA) is 20.2 Å². The summed E-state index contributed by atoms with van der Waals surface area (Å²) in [5, 5.41) is 9.96. The Hall–Kier alpha value is -0.250. The quantitative estimate of drug-likeness (QED) is 0.770. The molecule has 0 saturated heterocycles. The van der Waals surface area contributed by atoms with Crippen molar-refractivity contribution >= 4 is 0 Å². The summed E-state index contributed by atoms with van der Waals surface area (Å²) in [5.41, 5.74) is -2.89. The highest BCUT2D eigenvalue weighted by molar-refractivity contribution is 5.02. The van der Waals surface area contributed by atoms with Crippen LogP contribution >= 0.6 is 0 Å². The Labute approximate surface area is 95.0 Å². The van der Waals surface area contributed by atoms with E-state index in [-0.39, 0.29) is 6.42 Å². The summed E-state index contributed by atoms with van der Waals surface area (Å²) in [7, 11) is 0. The fourth-order valence-corrected chi connectivity index (χ4v) is 2.19. The minimum atomic E-state index is -4.50. The molecule has 0 heterocycles. The maximum atomic E-state index is 12.9. The van der Waals surface area contributed by atoms with Gasteiger partial charge in [-0.2, -0.15) is 13.2 Å². The van der Waals surface area contributed by atoms with Crippen molar-refractivity contribution < 1.29 is 18.3 Å². The average Bonchev–Trinajstić information content (AvgIpc) is 2.99. The van der Waals surface area contributed by atoms with E-state index in [0.717, 1.165) is 0 Å². The summed E-state index contributed by atoms with van der Waals surface area (Å²) in [6.45, 7) is 5.59. The van der Waals surface area contributed by atoms with Gasteiger partial charge in [0.15, 0.2) is 5.60 Å². The van der Waals surface area contributed by atoms with Crippen molar-refractivity contribution in [3.63, 3.8) is 0 Å². The van der Waals surface area contributed by atoms with E-state index >= 15 is 0 Å². The Morgan fingerprint density at radius 2 is 1.56 bits per heavy atom. The number of aliphatic hydroxyl groups is 1. The number of rotatable bonds is 5. The molecule has 1 N–H and O–H groups in total. The molecule has 0 aromatic rings. The van der Waals surface area contributed by atoms with Crippen LogP contribution in [0.1, 0.15) is 52.9 Å². The second-order valence-electron chi connectivity index (χ2n) is 5.39. The van der Waals surface area contributed by atoms with Gasteiger partial charge in [-0.3, -0.25) is 0 Å². The molecule has 0 radical (unpaired) electrons. The van der Waals surface area contributed by atoms with Crippen LogP contribution in [0.5, 0.6) is 0 Å². The van der Waals surface area contributed by atoms with Gasteiger partial charge in [-0.25, -0.2) is 0 Å². The lowest BCUT2D eigenvalue weighted by molar-refractivity contribution is -0.279. The van der Waals surface area contributed by atoms with Gasteiger partial charge in [0.05, 0.1) is 0 Å². The highest BCUT2D eigenvalue weighted by atomic mass is 19.4. The number of alkyl halides is 3. The van der Waals surface area contributed by atoms with Crippen LogP contribution in [0.15, 0.2) is 0 Å². The molecular formula is C12H21F3O. The molecule has 1 aliphatic rings. The van der Waals surface area contributed by atoms with Crippen molar-refractivity contribution in [3.05, 3.63) is 0 Å². The highest BCUT2D eigenvalue weighted by Gasteiger charge is 2.62. The molecule has 1 saturated carbocycles. The third-order valence-electron chi connectivity index (χ3n) is 4.15. The van der Waals surface area contributed by atoms with E-state index in [1.54, 1.807) is 0 Å². The van der Waals surface area contributed by atoms with Gasteiger partial charge in [0.25, 0.3) is 0 Å². The third kappa shape index (κ3) is 2.53. The molecule has 1 fully saturated rings. The van der Waals surface area contributed by atoms with Gasteiger partial charge in [-0.05, 0) is 30.6 Å². The number of halogens is 3. The smallest absolute Gasteiger partial charge is 0.380 e. The van der Waals surface area contributed by atoms with Gasteiger partial charge < -0.3 is 5.11 Å². The van der Waals surface area contributed by atoms with Crippen LogP contribution in [-0.4, -0.2) is 16.9 Å². The third-order valence-corrected chi connectivity index (χ3v) is 4.15.